The number of hydrogen-bond acceptors (Lipinski definition) is 6. The predicted octanol–water partition coefficient (Wildman–Crippen LogP) is 7.20. The first-order chi connectivity index (χ1) is 17.7. The Labute approximate surface area is 242 Å². The largest absolute Gasteiger partial charge is 0.493 e. The predicted molar refractivity (Wildman–Crippen MR) is 155 cm³/mol. The summed E-state index contributed by atoms with van der Waals surface area (Å²) in [4.78, 5) is 26.1. The van der Waals surface area contributed by atoms with E-state index in [1.54, 1.807) is 48.5 Å². The molecule has 3 aromatic carbocycles. The molecule has 1 fully saturated rings. The van der Waals surface area contributed by atoms with E-state index >= 15 is 0 Å². The minimum Gasteiger partial charge on any atom is -0.493 e. The average Bonchev–Trinajstić information content (AvgIpc) is 3.11. The standard InChI is InChI=1S/C26H19BrCl2N2O4S2/c1-14-5-3-4-6-18(14)24(32)30-31-25(33)22(37-26(31)36)11-15-9-19(27)23(21(10-15)34-2)35-13-16-7-8-17(28)12-20(16)29/h3-12H,13H2,1-2H3,(H,30,32)/b22-11-. The van der Waals surface area contributed by atoms with Crippen molar-refractivity contribution in [2.24, 2.45) is 0 Å². The van der Waals surface area contributed by atoms with Crippen molar-refractivity contribution < 1.29 is 19.1 Å². The van der Waals surface area contributed by atoms with Crippen LogP contribution in [0.25, 0.3) is 6.08 Å². The van der Waals surface area contributed by atoms with E-state index in [1.807, 2.05) is 19.1 Å². The molecule has 1 heterocycles. The smallest absolute Gasteiger partial charge is 0.285 e. The molecule has 1 saturated heterocycles. The fourth-order valence-electron chi connectivity index (χ4n) is 3.46. The third-order valence-electron chi connectivity index (χ3n) is 5.33. The Morgan fingerprint density at radius 2 is 1.95 bits per heavy atom. The fourth-order valence-corrected chi connectivity index (χ4v) is 5.67. The van der Waals surface area contributed by atoms with Crippen molar-refractivity contribution in [3.05, 3.63) is 96.3 Å². The van der Waals surface area contributed by atoms with Crippen molar-refractivity contribution >= 4 is 85.3 Å². The van der Waals surface area contributed by atoms with Crippen molar-refractivity contribution in [3.8, 4) is 11.5 Å². The molecule has 190 valence electrons. The number of carbonyl (C=O) groups excluding carboxylic acids is 2. The maximum atomic E-state index is 13.0. The third-order valence-corrected chi connectivity index (χ3v) is 7.81. The molecule has 0 saturated carbocycles. The van der Waals surface area contributed by atoms with E-state index in [9.17, 15) is 9.59 Å². The number of benzene rings is 3. The lowest BCUT2D eigenvalue weighted by atomic mass is 10.1. The molecule has 0 unspecified atom stereocenters. The summed E-state index contributed by atoms with van der Waals surface area (Å²) in [5, 5.41) is 2.12. The monoisotopic (exact) mass is 636 g/mol. The van der Waals surface area contributed by atoms with Crippen LogP contribution in [0.15, 0.2) is 64.0 Å². The molecular formula is C26H19BrCl2N2O4S2. The van der Waals surface area contributed by atoms with Gasteiger partial charge in [-0.15, -0.1) is 0 Å². The molecule has 3 aromatic rings. The van der Waals surface area contributed by atoms with Crippen LogP contribution in [0.2, 0.25) is 10.0 Å². The van der Waals surface area contributed by atoms with Gasteiger partial charge < -0.3 is 9.47 Å². The molecule has 2 amide bonds. The molecular weight excluding hydrogens is 619 g/mol. The Morgan fingerprint density at radius 3 is 2.65 bits per heavy atom. The highest BCUT2D eigenvalue weighted by atomic mass is 79.9. The van der Waals surface area contributed by atoms with Gasteiger partial charge in [0.1, 0.15) is 6.61 Å². The number of hydrogen-bond donors (Lipinski definition) is 1. The van der Waals surface area contributed by atoms with Gasteiger partial charge in [-0.05, 0) is 82.6 Å². The highest BCUT2D eigenvalue weighted by Gasteiger charge is 2.34. The van der Waals surface area contributed by atoms with Crippen molar-refractivity contribution in [1.82, 2.24) is 10.4 Å². The fraction of sp³-hybridized carbons (Fsp3) is 0.115. The molecule has 1 aliphatic rings. The van der Waals surface area contributed by atoms with Gasteiger partial charge in [0.05, 0.1) is 16.5 Å². The van der Waals surface area contributed by atoms with Gasteiger partial charge in [0.25, 0.3) is 11.8 Å². The van der Waals surface area contributed by atoms with Crippen LogP contribution < -0.4 is 14.9 Å². The molecule has 0 bridgehead atoms. The summed E-state index contributed by atoms with van der Waals surface area (Å²) in [6, 6.07) is 15.8. The number of thioether (sulfide) groups is 1. The maximum absolute atomic E-state index is 13.0. The maximum Gasteiger partial charge on any atom is 0.285 e. The number of halogens is 3. The Balaban J connectivity index is 1.52. The van der Waals surface area contributed by atoms with Crippen molar-refractivity contribution in [2.45, 2.75) is 13.5 Å². The van der Waals surface area contributed by atoms with Crippen molar-refractivity contribution in [3.63, 3.8) is 0 Å². The van der Waals surface area contributed by atoms with Crippen LogP contribution in [0.4, 0.5) is 0 Å². The normalized spacial score (nSPS) is 14.3. The van der Waals surface area contributed by atoms with Crippen LogP contribution in [0, 0.1) is 6.92 Å². The van der Waals surface area contributed by atoms with E-state index in [0.717, 1.165) is 27.9 Å². The van der Waals surface area contributed by atoms with Crippen LogP contribution in [-0.4, -0.2) is 28.3 Å². The van der Waals surface area contributed by atoms with Gasteiger partial charge in [-0.1, -0.05) is 59.2 Å². The highest BCUT2D eigenvalue weighted by molar-refractivity contribution is 9.10. The van der Waals surface area contributed by atoms with E-state index in [0.29, 0.717) is 42.0 Å². The number of thiocarbonyl (C=S) groups is 1. The first-order valence-electron chi connectivity index (χ1n) is 10.8. The summed E-state index contributed by atoms with van der Waals surface area (Å²) in [6.45, 7) is 2.02. The Kier molecular flexibility index (Phi) is 8.82. The zero-order valence-electron chi connectivity index (χ0n) is 19.5. The molecule has 0 atom stereocenters. The quantitative estimate of drug-likeness (QED) is 0.218. The molecule has 11 heteroatoms. The number of rotatable bonds is 7. The number of ether oxygens (including phenoxy) is 2. The number of nitrogens with zero attached hydrogens (tertiary/aromatic N) is 1. The molecule has 0 spiro atoms. The Morgan fingerprint density at radius 1 is 1.19 bits per heavy atom. The Bertz CT molecular complexity index is 1450. The topological polar surface area (TPSA) is 67.9 Å². The van der Waals surface area contributed by atoms with Gasteiger partial charge >= 0.3 is 0 Å². The molecule has 1 N–H and O–H groups in total. The van der Waals surface area contributed by atoms with Crippen LogP contribution in [0.5, 0.6) is 11.5 Å². The number of nitrogens with one attached hydrogen (secondary N) is 1. The second-order valence-corrected chi connectivity index (χ2v) is 11.2. The SMILES string of the molecule is COc1cc(/C=C2\SC(=S)N(NC(=O)c3ccccc3C)C2=O)cc(Br)c1OCc1ccc(Cl)cc1Cl. The molecule has 6 nitrogen and oxygen atoms in total. The van der Waals surface area contributed by atoms with Gasteiger partial charge in [0, 0.05) is 21.2 Å². The lowest BCUT2D eigenvalue weighted by Gasteiger charge is -2.16. The first-order valence-corrected chi connectivity index (χ1v) is 13.5. The van der Waals surface area contributed by atoms with Crippen LogP contribution in [0.3, 0.4) is 0 Å². The Hall–Kier alpha value is -2.56. The molecule has 0 aromatic heterocycles. The molecule has 0 aliphatic carbocycles. The second kappa shape index (κ2) is 11.9. The minimum absolute atomic E-state index is 0.198. The number of methoxy groups -OCH3 is 1. The summed E-state index contributed by atoms with van der Waals surface area (Å²) in [5.41, 5.74) is 5.29. The van der Waals surface area contributed by atoms with E-state index in [2.05, 4.69) is 21.4 Å². The van der Waals surface area contributed by atoms with Crippen molar-refractivity contribution in [2.75, 3.05) is 7.11 Å². The number of hydrazine groups is 1. The summed E-state index contributed by atoms with van der Waals surface area (Å²) in [5.74, 6) is 0.0878. The first kappa shape index (κ1) is 27.5. The van der Waals surface area contributed by atoms with E-state index in [4.69, 9.17) is 44.9 Å². The lowest BCUT2D eigenvalue weighted by molar-refractivity contribution is -0.123. The minimum atomic E-state index is -0.426. The van der Waals surface area contributed by atoms with Crippen LogP contribution in [-0.2, 0) is 11.4 Å². The van der Waals surface area contributed by atoms with E-state index in [1.165, 1.54) is 7.11 Å². The average molecular weight is 638 g/mol. The van der Waals surface area contributed by atoms with Gasteiger partial charge in [0.15, 0.2) is 15.8 Å². The van der Waals surface area contributed by atoms with Gasteiger partial charge in [-0.3, -0.25) is 15.0 Å². The summed E-state index contributed by atoms with van der Waals surface area (Å²) < 4.78 is 12.3. The van der Waals surface area contributed by atoms with Gasteiger partial charge in [0.2, 0.25) is 0 Å². The zero-order chi connectivity index (χ0) is 26.7. The molecule has 37 heavy (non-hydrogen) atoms. The summed E-state index contributed by atoms with van der Waals surface area (Å²) in [7, 11) is 1.52. The number of carbonyl (C=O) groups is 2. The van der Waals surface area contributed by atoms with E-state index in [-0.39, 0.29) is 10.9 Å². The summed E-state index contributed by atoms with van der Waals surface area (Å²) in [6.07, 6.45) is 1.67. The lowest BCUT2D eigenvalue weighted by Crippen LogP contribution is -2.45. The zero-order valence-corrected chi connectivity index (χ0v) is 24.2. The number of aryl methyl sites for hydroxylation is 1. The van der Waals surface area contributed by atoms with Gasteiger partial charge in [-0.25, -0.2) is 0 Å². The molecule has 0 radical (unpaired) electrons. The molecule has 1 aliphatic heterocycles. The second-order valence-electron chi connectivity index (χ2n) is 7.83. The van der Waals surface area contributed by atoms with Crippen LogP contribution >= 0.6 is 63.1 Å². The highest BCUT2D eigenvalue weighted by Crippen LogP contribution is 2.39. The summed E-state index contributed by atoms with van der Waals surface area (Å²) >= 11 is 22.2. The third kappa shape index (κ3) is 6.30. The van der Waals surface area contributed by atoms with Gasteiger partial charge in [-0.2, -0.15) is 5.01 Å². The van der Waals surface area contributed by atoms with E-state index < -0.39 is 11.8 Å². The number of amides is 2. The van der Waals surface area contributed by atoms with Crippen LogP contribution in [0.1, 0.15) is 27.0 Å². The van der Waals surface area contributed by atoms with Crippen molar-refractivity contribution in [1.29, 1.82) is 0 Å². The molecule has 4 rings (SSSR count).